The molecule has 11 heteroatoms. The summed E-state index contributed by atoms with van der Waals surface area (Å²) < 4.78 is 0. The maximum absolute atomic E-state index is 13.3. The molecular weight excluding hydrogens is 463 g/mol. The van der Waals surface area contributed by atoms with Crippen molar-refractivity contribution >= 4 is 40.7 Å². The number of halogens is 2. The number of benzene rings is 1. The van der Waals surface area contributed by atoms with E-state index in [1.54, 1.807) is 0 Å². The normalized spacial score (nSPS) is 32.1. The average Bonchev–Trinajstić information content (AvgIpc) is 2.69. The van der Waals surface area contributed by atoms with E-state index in [2.05, 4.69) is 0 Å². The van der Waals surface area contributed by atoms with Crippen molar-refractivity contribution in [3.63, 3.8) is 0 Å². The van der Waals surface area contributed by atoms with Gasteiger partial charge in [-0.25, -0.2) is 0 Å². The van der Waals surface area contributed by atoms with Gasteiger partial charge in [-0.15, -0.1) is 0 Å². The Labute approximate surface area is 192 Å². The van der Waals surface area contributed by atoms with Crippen molar-refractivity contribution in [3.05, 3.63) is 56.0 Å². The second-order valence-electron chi connectivity index (χ2n) is 8.43. The van der Waals surface area contributed by atoms with Crippen LogP contribution in [0.4, 0.5) is 0 Å². The van der Waals surface area contributed by atoms with Gasteiger partial charge >= 0.3 is 0 Å². The zero-order chi connectivity index (χ0) is 23.9. The molecule has 0 unspecified atom stereocenters. The molecule has 0 saturated carbocycles. The lowest BCUT2D eigenvalue weighted by Crippen LogP contribution is -2.64. The number of hydrogen-bond acceptors (Lipinski definition) is 8. The Kier molecular flexibility index (Phi) is 5.19. The van der Waals surface area contributed by atoms with Gasteiger partial charge in [-0.1, -0.05) is 23.2 Å². The highest BCUT2D eigenvalue weighted by atomic mass is 35.5. The quantitative estimate of drug-likeness (QED) is 0.392. The molecule has 1 aromatic rings. The first-order valence-corrected chi connectivity index (χ1v) is 10.4. The van der Waals surface area contributed by atoms with Crippen LogP contribution in [-0.2, 0) is 9.59 Å². The van der Waals surface area contributed by atoms with Gasteiger partial charge in [0.1, 0.15) is 17.1 Å². The Hall–Kier alpha value is -2.43. The van der Waals surface area contributed by atoms with Crippen LogP contribution in [0.2, 0.25) is 10.0 Å². The van der Waals surface area contributed by atoms with Gasteiger partial charge < -0.3 is 26.2 Å². The molecule has 0 spiro atoms. The van der Waals surface area contributed by atoms with Crippen molar-refractivity contribution < 1.29 is 34.8 Å². The molecule has 3 aliphatic rings. The molecular formula is C21H20Cl2N2O7. The molecule has 0 saturated heterocycles. The summed E-state index contributed by atoms with van der Waals surface area (Å²) in [6, 6.07) is 1.65. The highest BCUT2D eigenvalue weighted by Crippen LogP contribution is 2.55. The topological polar surface area (TPSA) is 161 Å². The maximum Gasteiger partial charge on any atom is 0.255 e. The molecule has 9 nitrogen and oxygen atoms in total. The first-order valence-electron chi connectivity index (χ1n) is 9.66. The summed E-state index contributed by atoms with van der Waals surface area (Å²) in [5.41, 5.74) is 1.22. The predicted octanol–water partition coefficient (Wildman–Crippen LogP) is 1.21. The summed E-state index contributed by atoms with van der Waals surface area (Å²) >= 11 is 12.4. The molecule has 0 aliphatic heterocycles. The SMILES string of the molecule is CN(C)[C@@H]1C(O)=C(C(N)=O)C(=O)[C@@]2(O)C(O)=C3C(=O)c4c(Cl)ccc(Cl)c4[C@@H](O)[C@H]3C[C@@H]12. The van der Waals surface area contributed by atoms with Crippen LogP contribution in [0.15, 0.2) is 34.8 Å². The van der Waals surface area contributed by atoms with Gasteiger partial charge in [0.2, 0.25) is 5.78 Å². The van der Waals surface area contributed by atoms with Gasteiger partial charge in [-0.2, -0.15) is 0 Å². The third-order valence-corrected chi connectivity index (χ3v) is 7.26. The van der Waals surface area contributed by atoms with Gasteiger partial charge in [0.25, 0.3) is 5.91 Å². The second kappa shape index (κ2) is 7.29. The average molecular weight is 483 g/mol. The Morgan fingerprint density at radius 1 is 1.19 bits per heavy atom. The predicted molar refractivity (Wildman–Crippen MR) is 113 cm³/mol. The number of carbonyl (C=O) groups excluding carboxylic acids is 3. The number of likely N-dealkylation sites (N-methyl/N-ethyl adjacent to an activating group) is 1. The van der Waals surface area contributed by atoms with Crippen molar-refractivity contribution in [1.82, 2.24) is 4.90 Å². The van der Waals surface area contributed by atoms with Gasteiger partial charge in [0, 0.05) is 33.6 Å². The maximum atomic E-state index is 13.3. The number of aliphatic hydroxyl groups excluding tert-OH is 3. The molecule has 5 atom stereocenters. The van der Waals surface area contributed by atoms with Crippen molar-refractivity contribution in [2.75, 3.05) is 14.1 Å². The number of amides is 1. The lowest BCUT2D eigenvalue weighted by atomic mass is 9.58. The van der Waals surface area contributed by atoms with E-state index in [1.165, 1.54) is 31.1 Å². The summed E-state index contributed by atoms with van der Waals surface area (Å²) in [6.07, 6.45) is -1.59. The highest BCUT2D eigenvalue weighted by molar-refractivity contribution is 6.38. The van der Waals surface area contributed by atoms with Crippen molar-refractivity contribution in [3.8, 4) is 0 Å². The standard InChI is InChI=1S/C21H20Cl2N2O7/c1-25(2)14-7-5-6-10(16(27)12-9(23)4-3-8(22)11(12)15(6)26)18(29)21(7,32)19(30)13(17(14)28)20(24)31/h3-4,6-7,14-15,26,28-29,32H,5H2,1-2H3,(H2,24,31)/t6-,7-,14-,15-,21-/m0/s1. The highest BCUT2D eigenvalue weighted by Gasteiger charge is 2.64. The number of Topliss-reactive ketones (excluding diaryl/α,β-unsaturated/α-hetero) is 2. The number of rotatable bonds is 2. The number of nitrogens with two attached hydrogens (primary N) is 1. The minimum absolute atomic E-state index is 0.0298. The molecule has 170 valence electrons. The molecule has 4 rings (SSSR count). The summed E-state index contributed by atoms with van der Waals surface area (Å²) in [6.45, 7) is 0. The largest absolute Gasteiger partial charge is 0.510 e. The fraction of sp³-hybridized carbons (Fsp3) is 0.381. The number of ketones is 2. The lowest BCUT2D eigenvalue weighted by Gasteiger charge is -2.50. The van der Waals surface area contributed by atoms with Gasteiger partial charge in [0.05, 0.1) is 17.2 Å². The lowest BCUT2D eigenvalue weighted by molar-refractivity contribution is -0.149. The smallest absolute Gasteiger partial charge is 0.255 e. The van der Waals surface area contributed by atoms with E-state index in [0.717, 1.165) is 0 Å². The molecule has 1 amide bonds. The third-order valence-electron chi connectivity index (χ3n) is 6.61. The third kappa shape index (κ3) is 2.72. The van der Waals surface area contributed by atoms with Crippen LogP contribution in [0.1, 0.15) is 28.4 Å². The molecule has 0 fully saturated rings. The molecule has 0 bridgehead atoms. The zero-order valence-corrected chi connectivity index (χ0v) is 18.5. The van der Waals surface area contributed by atoms with E-state index >= 15 is 0 Å². The van der Waals surface area contributed by atoms with Gasteiger partial charge in [-0.3, -0.25) is 19.3 Å². The van der Waals surface area contributed by atoms with Crippen LogP contribution in [-0.4, -0.2) is 68.5 Å². The summed E-state index contributed by atoms with van der Waals surface area (Å²) in [7, 11) is 3.06. The van der Waals surface area contributed by atoms with Crippen LogP contribution in [0, 0.1) is 11.8 Å². The van der Waals surface area contributed by atoms with Crippen molar-refractivity contribution in [2.24, 2.45) is 17.6 Å². The van der Waals surface area contributed by atoms with Crippen LogP contribution in [0.25, 0.3) is 0 Å². The van der Waals surface area contributed by atoms with Crippen LogP contribution in [0.3, 0.4) is 0 Å². The van der Waals surface area contributed by atoms with Gasteiger partial charge in [0.15, 0.2) is 11.4 Å². The van der Waals surface area contributed by atoms with E-state index in [0.29, 0.717) is 0 Å². The van der Waals surface area contributed by atoms with Crippen molar-refractivity contribution in [2.45, 2.75) is 24.2 Å². The molecule has 0 aromatic heterocycles. The number of aliphatic hydroxyl groups is 4. The molecule has 0 radical (unpaired) electrons. The number of nitrogens with zero attached hydrogens (tertiary/aromatic N) is 1. The van der Waals surface area contributed by atoms with Gasteiger partial charge in [-0.05, 0) is 32.6 Å². The fourth-order valence-electron chi connectivity index (χ4n) is 5.23. The summed E-state index contributed by atoms with van der Waals surface area (Å²) in [4.78, 5) is 39.8. The molecule has 0 heterocycles. The van der Waals surface area contributed by atoms with Crippen molar-refractivity contribution in [1.29, 1.82) is 0 Å². The molecule has 6 N–H and O–H groups in total. The first kappa shape index (κ1) is 22.8. The number of primary amides is 1. The van der Waals surface area contributed by atoms with Crippen LogP contribution >= 0.6 is 23.2 Å². The summed E-state index contributed by atoms with van der Waals surface area (Å²) in [5, 5.41) is 44.4. The Morgan fingerprint density at radius 3 is 2.34 bits per heavy atom. The first-order chi connectivity index (χ1) is 14.8. The number of hydrogen-bond donors (Lipinski definition) is 5. The van der Waals surface area contributed by atoms with E-state index < -0.39 is 69.7 Å². The van der Waals surface area contributed by atoms with E-state index in [9.17, 15) is 34.8 Å². The number of carbonyl (C=O) groups is 3. The van der Waals surface area contributed by atoms with E-state index in [-0.39, 0.29) is 27.6 Å². The molecule has 32 heavy (non-hydrogen) atoms. The van der Waals surface area contributed by atoms with E-state index in [4.69, 9.17) is 28.9 Å². The monoisotopic (exact) mass is 482 g/mol. The summed E-state index contributed by atoms with van der Waals surface area (Å²) in [5.74, 6) is -7.36. The Balaban J connectivity index is 2.02. The Bertz CT molecular complexity index is 1160. The number of fused-ring (bicyclic) bond motifs is 3. The second-order valence-corrected chi connectivity index (χ2v) is 9.25. The van der Waals surface area contributed by atoms with Crippen LogP contribution in [0.5, 0.6) is 0 Å². The minimum Gasteiger partial charge on any atom is -0.510 e. The Morgan fingerprint density at radius 2 is 1.78 bits per heavy atom. The fourth-order valence-corrected chi connectivity index (χ4v) is 5.75. The zero-order valence-electron chi connectivity index (χ0n) is 17.0. The minimum atomic E-state index is -2.73. The van der Waals surface area contributed by atoms with Crippen LogP contribution < -0.4 is 5.73 Å². The van der Waals surface area contributed by atoms with E-state index in [1.807, 2.05) is 0 Å². The molecule has 1 aromatic carbocycles. The molecule has 3 aliphatic carbocycles.